The molecule has 1 fully saturated rings. The van der Waals surface area contributed by atoms with Gasteiger partial charge in [-0.15, -0.1) is 5.10 Å². The first-order chi connectivity index (χ1) is 12.2. The maximum atomic E-state index is 12.7. The summed E-state index contributed by atoms with van der Waals surface area (Å²) >= 11 is 0. The highest BCUT2D eigenvalue weighted by Gasteiger charge is 2.26. The summed E-state index contributed by atoms with van der Waals surface area (Å²) < 4.78 is 0. The molecule has 25 heavy (non-hydrogen) atoms. The first-order valence-corrected chi connectivity index (χ1v) is 8.36. The molecule has 3 heterocycles. The number of amides is 1. The van der Waals surface area contributed by atoms with Crippen molar-refractivity contribution in [1.82, 2.24) is 25.6 Å². The molecule has 2 N–H and O–H groups in total. The van der Waals surface area contributed by atoms with Crippen LogP contribution in [0.25, 0.3) is 11.0 Å². The van der Waals surface area contributed by atoms with Crippen LogP contribution in [-0.4, -0.2) is 44.6 Å². The lowest BCUT2D eigenvalue weighted by molar-refractivity contribution is -0.120. The highest BCUT2D eigenvalue weighted by Crippen LogP contribution is 2.23. The zero-order valence-electron chi connectivity index (χ0n) is 13.9. The van der Waals surface area contributed by atoms with E-state index in [-0.39, 0.29) is 11.8 Å². The number of fused-ring (bicyclic) bond motifs is 1. The lowest BCUT2D eigenvalue weighted by Gasteiger charge is -2.32. The molecule has 1 saturated heterocycles. The van der Waals surface area contributed by atoms with Crippen molar-refractivity contribution in [3.63, 3.8) is 0 Å². The molecule has 1 amide bonds. The van der Waals surface area contributed by atoms with Crippen LogP contribution >= 0.6 is 0 Å². The summed E-state index contributed by atoms with van der Waals surface area (Å²) in [6, 6.07) is 9.40. The molecule has 1 aliphatic rings. The van der Waals surface area contributed by atoms with Crippen LogP contribution in [0.2, 0.25) is 0 Å². The van der Waals surface area contributed by atoms with Gasteiger partial charge in [-0.3, -0.25) is 4.79 Å². The monoisotopic (exact) mass is 337 g/mol. The van der Waals surface area contributed by atoms with Crippen LogP contribution in [0.4, 0.5) is 11.5 Å². The van der Waals surface area contributed by atoms with Crippen molar-refractivity contribution in [3.8, 4) is 0 Å². The summed E-state index contributed by atoms with van der Waals surface area (Å²) in [6.07, 6.45) is 1.82. The summed E-state index contributed by atoms with van der Waals surface area (Å²) in [4.78, 5) is 14.8. The van der Waals surface area contributed by atoms with Crippen LogP contribution in [0.1, 0.15) is 18.5 Å². The Bertz CT molecular complexity index is 889. The summed E-state index contributed by atoms with van der Waals surface area (Å²) in [7, 11) is 0. The Morgan fingerprint density at radius 2 is 2.08 bits per heavy atom. The normalized spacial score (nSPS) is 17.6. The Kier molecular flexibility index (Phi) is 4.01. The van der Waals surface area contributed by atoms with E-state index in [9.17, 15) is 4.79 Å². The summed E-state index contributed by atoms with van der Waals surface area (Å²) in [5.74, 6) is 0.768. The molecule has 1 aliphatic heterocycles. The van der Waals surface area contributed by atoms with Gasteiger partial charge in [0, 0.05) is 18.8 Å². The Labute approximate surface area is 144 Å². The second kappa shape index (κ2) is 6.46. The number of nitrogens with one attached hydrogen (secondary N) is 2. The third kappa shape index (κ3) is 3.28. The number of carbonyl (C=O) groups is 1. The smallest absolute Gasteiger partial charge is 0.229 e. The van der Waals surface area contributed by atoms with E-state index >= 15 is 0 Å². The van der Waals surface area contributed by atoms with Gasteiger partial charge in [-0.1, -0.05) is 0 Å². The van der Waals surface area contributed by atoms with Crippen LogP contribution < -0.4 is 10.2 Å². The van der Waals surface area contributed by atoms with E-state index in [1.165, 1.54) is 0 Å². The van der Waals surface area contributed by atoms with Crippen molar-refractivity contribution in [3.05, 3.63) is 36.0 Å². The topological polar surface area (TPSA) is 99.7 Å². The molecule has 0 aliphatic carbocycles. The number of benzene rings is 1. The number of carbonyl (C=O) groups excluding carboxylic acids is 1. The van der Waals surface area contributed by atoms with Gasteiger partial charge in [0.15, 0.2) is 5.82 Å². The largest absolute Gasteiger partial charge is 0.354 e. The molecule has 2 aromatic heterocycles. The molecule has 0 saturated carbocycles. The number of H-pyrrole nitrogens is 1. The molecular weight excluding hydrogens is 318 g/mol. The quantitative estimate of drug-likeness (QED) is 0.757. The van der Waals surface area contributed by atoms with Gasteiger partial charge < -0.3 is 10.2 Å². The predicted octanol–water partition coefficient (Wildman–Crippen LogP) is 1.91. The minimum absolute atomic E-state index is 0.0209. The molecule has 1 aromatic carbocycles. The number of aromatic amines is 1. The summed E-state index contributed by atoms with van der Waals surface area (Å²) in [6.45, 7) is 3.46. The Hall–Kier alpha value is -3.03. The van der Waals surface area contributed by atoms with E-state index < -0.39 is 0 Å². The number of aryl methyl sites for hydroxylation is 1. The van der Waals surface area contributed by atoms with Crippen LogP contribution in [0.5, 0.6) is 0 Å². The fourth-order valence-corrected chi connectivity index (χ4v) is 3.12. The van der Waals surface area contributed by atoms with Gasteiger partial charge in [0.05, 0.1) is 11.6 Å². The minimum atomic E-state index is -0.0788. The second-order valence-electron chi connectivity index (χ2n) is 6.33. The number of aromatic nitrogens is 5. The van der Waals surface area contributed by atoms with Crippen LogP contribution in [0.3, 0.4) is 0 Å². The molecule has 0 spiro atoms. The van der Waals surface area contributed by atoms with Gasteiger partial charge in [-0.05, 0) is 50.1 Å². The van der Waals surface area contributed by atoms with E-state index in [4.69, 9.17) is 0 Å². The lowest BCUT2D eigenvalue weighted by atomic mass is 9.97. The number of piperidine rings is 1. The van der Waals surface area contributed by atoms with Gasteiger partial charge in [-0.2, -0.15) is 20.5 Å². The van der Waals surface area contributed by atoms with Gasteiger partial charge in [-0.25, -0.2) is 0 Å². The number of anilines is 2. The molecule has 128 valence electrons. The van der Waals surface area contributed by atoms with Crippen LogP contribution in [0, 0.1) is 12.8 Å². The molecule has 1 atom stereocenters. The van der Waals surface area contributed by atoms with E-state index in [0.29, 0.717) is 6.54 Å². The third-order valence-electron chi connectivity index (χ3n) is 4.48. The summed E-state index contributed by atoms with van der Waals surface area (Å²) in [5, 5.41) is 22.0. The highest BCUT2D eigenvalue weighted by atomic mass is 16.1. The van der Waals surface area contributed by atoms with E-state index in [1.54, 1.807) is 0 Å². The standard InChI is InChI=1S/C17H19N7O/c1-11-4-7-16(22-19-11)24-8-2-3-12(10-24)17(25)18-13-5-6-14-15(9-13)21-23-20-14/h4-7,9,12H,2-3,8,10H2,1H3,(H,18,25)(H,20,21,23). The third-order valence-corrected chi connectivity index (χ3v) is 4.48. The SMILES string of the molecule is Cc1ccc(N2CCCC(C(=O)Nc3ccc4n[nH]nc4c3)C2)nn1. The number of nitrogens with zero attached hydrogens (tertiary/aromatic N) is 5. The molecule has 8 nitrogen and oxygen atoms in total. The highest BCUT2D eigenvalue weighted by molar-refractivity contribution is 5.94. The predicted molar refractivity (Wildman–Crippen MR) is 94.2 cm³/mol. The van der Waals surface area contributed by atoms with E-state index in [1.807, 2.05) is 37.3 Å². The molecule has 8 heteroatoms. The fourth-order valence-electron chi connectivity index (χ4n) is 3.12. The number of hydrogen-bond donors (Lipinski definition) is 2. The average Bonchev–Trinajstić information content (AvgIpc) is 3.10. The number of rotatable bonds is 3. The van der Waals surface area contributed by atoms with Gasteiger partial charge >= 0.3 is 0 Å². The Morgan fingerprint density at radius 1 is 1.20 bits per heavy atom. The number of hydrogen-bond acceptors (Lipinski definition) is 6. The molecule has 0 bridgehead atoms. The van der Waals surface area contributed by atoms with Crippen molar-refractivity contribution in [2.75, 3.05) is 23.3 Å². The van der Waals surface area contributed by atoms with Crippen LogP contribution in [0.15, 0.2) is 30.3 Å². The first kappa shape index (κ1) is 15.5. The molecule has 4 rings (SSSR count). The second-order valence-corrected chi connectivity index (χ2v) is 6.33. The molecule has 0 radical (unpaired) electrons. The van der Waals surface area contributed by atoms with Crippen molar-refractivity contribution in [1.29, 1.82) is 0 Å². The lowest BCUT2D eigenvalue weighted by Crippen LogP contribution is -2.41. The zero-order chi connectivity index (χ0) is 17.2. The maximum Gasteiger partial charge on any atom is 0.229 e. The van der Waals surface area contributed by atoms with E-state index in [2.05, 4.69) is 35.8 Å². The summed E-state index contributed by atoms with van der Waals surface area (Å²) in [5.41, 5.74) is 3.13. The van der Waals surface area contributed by atoms with Gasteiger partial charge in [0.25, 0.3) is 0 Å². The van der Waals surface area contributed by atoms with Crippen LogP contribution in [-0.2, 0) is 4.79 Å². The van der Waals surface area contributed by atoms with Crippen molar-refractivity contribution >= 4 is 28.4 Å². The van der Waals surface area contributed by atoms with Crippen molar-refractivity contribution in [2.45, 2.75) is 19.8 Å². The fraction of sp³-hybridized carbons (Fsp3) is 0.353. The maximum absolute atomic E-state index is 12.7. The first-order valence-electron chi connectivity index (χ1n) is 8.36. The minimum Gasteiger partial charge on any atom is -0.354 e. The van der Waals surface area contributed by atoms with Crippen molar-refractivity contribution in [2.24, 2.45) is 5.92 Å². The zero-order valence-corrected chi connectivity index (χ0v) is 13.9. The average molecular weight is 337 g/mol. The van der Waals surface area contributed by atoms with Crippen molar-refractivity contribution < 1.29 is 4.79 Å². The Morgan fingerprint density at radius 3 is 2.92 bits per heavy atom. The molecule has 3 aromatic rings. The molecular formula is C17H19N7O. The Balaban J connectivity index is 1.45. The van der Waals surface area contributed by atoms with Gasteiger partial charge in [0.2, 0.25) is 5.91 Å². The van der Waals surface area contributed by atoms with Gasteiger partial charge in [0.1, 0.15) is 11.0 Å². The molecule has 1 unspecified atom stereocenters. The van der Waals surface area contributed by atoms with E-state index in [0.717, 1.165) is 47.6 Å².